The molecule has 0 saturated carbocycles. The lowest BCUT2D eigenvalue weighted by atomic mass is 10.2. The fourth-order valence-corrected chi connectivity index (χ4v) is 2.19. The van der Waals surface area contributed by atoms with Crippen LogP contribution < -0.4 is 5.32 Å². The first-order valence-corrected chi connectivity index (χ1v) is 7.08. The first kappa shape index (κ1) is 15.2. The number of amides is 2. The topological polar surface area (TPSA) is 67.9 Å². The van der Waals surface area contributed by atoms with Gasteiger partial charge in [-0.25, -0.2) is 9.59 Å². The number of nitrogens with zero attached hydrogens (tertiary/aromatic N) is 1. The number of alkyl carbamates (subject to hydrolysis) is 1. The molecule has 0 bridgehead atoms. The number of rotatable bonds is 4. The Morgan fingerprint density at radius 1 is 1.29 bits per heavy atom. The largest absolute Gasteiger partial charge is 0.450 e. The lowest BCUT2D eigenvalue weighted by Crippen LogP contribution is -2.38. The van der Waals surface area contributed by atoms with Crippen LogP contribution in [0.3, 0.4) is 0 Å². The maximum atomic E-state index is 11.7. The van der Waals surface area contributed by atoms with Gasteiger partial charge in [0.05, 0.1) is 12.6 Å². The standard InChI is InChI=1S/C15H20N2O4/c1-2-20-15(19)17-9-8-13(10-17)16-14(18)21-11-12-6-4-3-5-7-12/h3-7,13H,2,8-11H2,1H3,(H,16,18)/t13-/m0/s1. The van der Waals surface area contributed by atoms with E-state index in [9.17, 15) is 9.59 Å². The van der Waals surface area contributed by atoms with Crippen LogP contribution in [-0.4, -0.2) is 42.8 Å². The van der Waals surface area contributed by atoms with E-state index in [0.717, 1.165) is 5.56 Å². The van der Waals surface area contributed by atoms with E-state index in [-0.39, 0.29) is 18.7 Å². The lowest BCUT2D eigenvalue weighted by Gasteiger charge is -2.16. The Kier molecular flexibility index (Phi) is 5.43. The van der Waals surface area contributed by atoms with Gasteiger partial charge in [0.25, 0.3) is 0 Å². The Morgan fingerprint density at radius 2 is 2.05 bits per heavy atom. The summed E-state index contributed by atoms with van der Waals surface area (Å²) >= 11 is 0. The molecule has 1 atom stereocenters. The summed E-state index contributed by atoms with van der Waals surface area (Å²) in [7, 11) is 0. The monoisotopic (exact) mass is 292 g/mol. The summed E-state index contributed by atoms with van der Waals surface area (Å²) < 4.78 is 10.1. The molecule has 1 aromatic carbocycles. The molecule has 2 amide bonds. The number of nitrogens with one attached hydrogen (secondary N) is 1. The molecule has 1 heterocycles. The second kappa shape index (κ2) is 7.52. The van der Waals surface area contributed by atoms with E-state index < -0.39 is 6.09 Å². The SMILES string of the molecule is CCOC(=O)N1CC[C@H](NC(=O)OCc2ccccc2)C1. The number of benzene rings is 1. The summed E-state index contributed by atoms with van der Waals surface area (Å²) in [5.41, 5.74) is 0.937. The predicted octanol–water partition coefficient (Wildman–Crippen LogP) is 2.14. The van der Waals surface area contributed by atoms with Crippen LogP contribution in [0.1, 0.15) is 18.9 Å². The average molecular weight is 292 g/mol. The molecule has 2 rings (SSSR count). The Hall–Kier alpha value is -2.24. The molecular weight excluding hydrogens is 272 g/mol. The number of likely N-dealkylation sites (tertiary alicyclic amines) is 1. The molecule has 0 spiro atoms. The van der Waals surface area contributed by atoms with Crippen molar-refractivity contribution >= 4 is 12.2 Å². The number of hydrogen-bond acceptors (Lipinski definition) is 4. The maximum Gasteiger partial charge on any atom is 0.409 e. The Labute approximate surface area is 124 Å². The molecule has 0 aromatic heterocycles. The molecule has 6 heteroatoms. The maximum absolute atomic E-state index is 11.7. The molecule has 114 valence electrons. The molecule has 0 unspecified atom stereocenters. The Bertz CT molecular complexity index is 478. The van der Waals surface area contributed by atoms with Gasteiger partial charge in [-0.1, -0.05) is 30.3 Å². The third-order valence-electron chi connectivity index (χ3n) is 3.25. The van der Waals surface area contributed by atoms with E-state index in [4.69, 9.17) is 9.47 Å². The van der Waals surface area contributed by atoms with Crippen LogP contribution in [0, 0.1) is 0 Å². The van der Waals surface area contributed by atoms with Gasteiger partial charge in [-0.2, -0.15) is 0 Å². The minimum atomic E-state index is -0.463. The van der Waals surface area contributed by atoms with Crippen LogP contribution in [-0.2, 0) is 16.1 Å². The van der Waals surface area contributed by atoms with Gasteiger partial charge in [0.1, 0.15) is 6.61 Å². The van der Waals surface area contributed by atoms with E-state index in [1.165, 1.54) is 0 Å². The van der Waals surface area contributed by atoms with Gasteiger partial charge >= 0.3 is 12.2 Å². The van der Waals surface area contributed by atoms with Gasteiger partial charge in [-0.3, -0.25) is 0 Å². The number of hydrogen-bond donors (Lipinski definition) is 1. The molecule has 1 fully saturated rings. The van der Waals surface area contributed by atoms with Gasteiger partial charge in [0, 0.05) is 13.1 Å². The molecule has 1 saturated heterocycles. The summed E-state index contributed by atoms with van der Waals surface area (Å²) in [6.07, 6.45) is -0.0896. The van der Waals surface area contributed by atoms with Crippen molar-refractivity contribution in [2.75, 3.05) is 19.7 Å². The molecule has 1 aliphatic heterocycles. The molecule has 6 nitrogen and oxygen atoms in total. The van der Waals surface area contributed by atoms with Crippen molar-refractivity contribution in [1.82, 2.24) is 10.2 Å². The summed E-state index contributed by atoms with van der Waals surface area (Å²) in [6.45, 7) is 3.40. The molecule has 0 aliphatic carbocycles. The van der Waals surface area contributed by atoms with Crippen LogP contribution in [0.5, 0.6) is 0 Å². The van der Waals surface area contributed by atoms with Gasteiger partial charge in [-0.05, 0) is 18.9 Å². The van der Waals surface area contributed by atoms with Crippen molar-refractivity contribution in [2.45, 2.75) is 26.0 Å². The van der Waals surface area contributed by atoms with E-state index in [1.54, 1.807) is 11.8 Å². The number of ether oxygens (including phenoxy) is 2. The summed E-state index contributed by atoms with van der Waals surface area (Å²) in [5, 5.41) is 2.77. The third-order valence-corrected chi connectivity index (χ3v) is 3.25. The van der Waals surface area contributed by atoms with Crippen molar-refractivity contribution in [3.8, 4) is 0 Å². The highest BCUT2D eigenvalue weighted by Gasteiger charge is 2.28. The van der Waals surface area contributed by atoms with Crippen LogP contribution in [0.25, 0.3) is 0 Å². The highest BCUT2D eigenvalue weighted by molar-refractivity contribution is 5.69. The van der Waals surface area contributed by atoms with Crippen LogP contribution >= 0.6 is 0 Å². The van der Waals surface area contributed by atoms with Crippen molar-refractivity contribution in [3.05, 3.63) is 35.9 Å². The van der Waals surface area contributed by atoms with Crippen molar-refractivity contribution < 1.29 is 19.1 Å². The molecule has 21 heavy (non-hydrogen) atoms. The zero-order valence-corrected chi connectivity index (χ0v) is 12.1. The van der Waals surface area contributed by atoms with E-state index in [1.807, 2.05) is 30.3 Å². The molecule has 1 aromatic rings. The lowest BCUT2D eigenvalue weighted by molar-refractivity contribution is 0.113. The van der Waals surface area contributed by atoms with Crippen molar-refractivity contribution in [1.29, 1.82) is 0 Å². The van der Waals surface area contributed by atoms with Gasteiger partial charge < -0.3 is 19.7 Å². The summed E-state index contributed by atoms with van der Waals surface area (Å²) in [6, 6.07) is 9.40. The van der Waals surface area contributed by atoms with Crippen molar-refractivity contribution in [3.63, 3.8) is 0 Å². The molecular formula is C15H20N2O4. The normalized spacial score (nSPS) is 17.4. The van der Waals surface area contributed by atoms with Gasteiger partial charge in [0.15, 0.2) is 0 Å². The Balaban J connectivity index is 1.70. The fraction of sp³-hybridized carbons (Fsp3) is 0.467. The highest BCUT2D eigenvalue weighted by atomic mass is 16.6. The molecule has 0 radical (unpaired) electrons. The first-order valence-electron chi connectivity index (χ1n) is 7.08. The average Bonchev–Trinajstić information content (AvgIpc) is 2.95. The fourth-order valence-electron chi connectivity index (χ4n) is 2.19. The molecule has 1 aliphatic rings. The number of carbonyl (C=O) groups excluding carboxylic acids is 2. The van der Waals surface area contributed by atoms with Gasteiger partial charge in [-0.15, -0.1) is 0 Å². The van der Waals surface area contributed by atoms with Crippen molar-refractivity contribution in [2.24, 2.45) is 0 Å². The number of carbonyl (C=O) groups is 2. The quantitative estimate of drug-likeness (QED) is 0.923. The summed E-state index contributed by atoms with van der Waals surface area (Å²) in [5.74, 6) is 0. The van der Waals surface area contributed by atoms with E-state index >= 15 is 0 Å². The summed E-state index contributed by atoms with van der Waals surface area (Å²) in [4.78, 5) is 24.8. The smallest absolute Gasteiger partial charge is 0.409 e. The zero-order valence-electron chi connectivity index (χ0n) is 12.1. The highest BCUT2D eigenvalue weighted by Crippen LogP contribution is 2.11. The second-order valence-electron chi connectivity index (χ2n) is 4.84. The van der Waals surface area contributed by atoms with Crippen LogP contribution in [0.15, 0.2) is 30.3 Å². The minimum absolute atomic E-state index is 0.0855. The van der Waals surface area contributed by atoms with E-state index in [0.29, 0.717) is 26.1 Å². The predicted molar refractivity (Wildman–Crippen MR) is 76.8 cm³/mol. The molecule has 1 N–H and O–H groups in total. The Morgan fingerprint density at radius 3 is 2.76 bits per heavy atom. The van der Waals surface area contributed by atoms with Crippen LogP contribution in [0.2, 0.25) is 0 Å². The van der Waals surface area contributed by atoms with Crippen LogP contribution in [0.4, 0.5) is 9.59 Å². The first-order chi connectivity index (χ1) is 10.2. The van der Waals surface area contributed by atoms with Gasteiger partial charge in [0.2, 0.25) is 0 Å². The second-order valence-corrected chi connectivity index (χ2v) is 4.84. The zero-order chi connectivity index (χ0) is 15.1. The minimum Gasteiger partial charge on any atom is -0.450 e. The third kappa shape index (κ3) is 4.66. The van der Waals surface area contributed by atoms with E-state index in [2.05, 4.69) is 5.32 Å².